The van der Waals surface area contributed by atoms with Gasteiger partial charge in [-0.15, -0.1) is 0 Å². The Balaban J connectivity index is -0.000000131. The van der Waals surface area contributed by atoms with E-state index < -0.39 is 39.5 Å². The van der Waals surface area contributed by atoms with Gasteiger partial charge in [-0.25, -0.2) is 14.4 Å². The molecule has 1 amide bonds. The zero-order valence-corrected chi connectivity index (χ0v) is 24.6. The highest BCUT2D eigenvalue weighted by molar-refractivity contribution is 6.63. The molecule has 0 aliphatic heterocycles. The average molecular weight is 575 g/mol. The lowest BCUT2D eigenvalue weighted by Gasteiger charge is -2.20. The van der Waals surface area contributed by atoms with Crippen LogP contribution in [0.25, 0.3) is 0 Å². The minimum Gasteiger partial charge on any atom is -0.444 e. The van der Waals surface area contributed by atoms with Gasteiger partial charge in [0.2, 0.25) is 0 Å². The standard InChI is InChI=1S/C10H18O5.C7H16N2O2.C2H8N2.CHCl3.H3N/c1-9(2,3)14-7(11)13-8(12)15-10(4,5)6;1-7(2,3)11-6(10)9-5-4-8;3-1-2-4;2-1(3)4;/h1-6H3;4-5,8H2,1-3H3,(H,9,10);1-4H2;1H;1H3. The van der Waals surface area contributed by atoms with Crippen molar-refractivity contribution in [3.8, 4) is 0 Å². The third-order valence-electron chi connectivity index (χ3n) is 1.92. The fourth-order valence-corrected chi connectivity index (χ4v) is 1.10. The van der Waals surface area contributed by atoms with Crippen LogP contribution in [-0.2, 0) is 18.9 Å². The van der Waals surface area contributed by atoms with Crippen molar-refractivity contribution in [2.75, 3.05) is 26.2 Å². The van der Waals surface area contributed by atoms with E-state index in [1.165, 1.54) is 0 Å². The summed E-state index contributed by atoms with van der Waals surface area (Å²) in [5, 5.41) is 2.50. The summed E-state index contributed by atoms with van der Waals surface area (Å²) in [4.78, 5) is 32.8. The average Bonchev–Trinajstić information content (AvgIpc) is 2.55. The van der Waals surface area contributed by atoms with Crippen LogP contribution >= 0.6 is 34.8 Å². The van der Waals surface area contributed by atoms with Gasteiger partial charge in [-0.05, 0) is 62.3 Å². The number of nitrogens with one attached hydrogen (secondary N) is 1. The molecule has 214 valence electrons. The van der Waals surface area contributed by atoms with E-state index in [4.69, 9.17) is 66.2 Å². The van der Waals surface area contributed by atoms with Crippen LogP contribution in [0.5, 0.6) is 0 Å². The summed E-state index contributed by atoms with van der Waals surface area (Å²) in [5.74, 6) is 0. The van der Waals surface area contributed by atoms with Crippen molar-refractivity contribution in [1.29, 1.82) is 0 Å². The molecule has 0 bridgehead atoms. The second kappa shape index (κ2) is 23.1. The second-order valence-electron chi connectivity index (χ2n) is 9.07. The maximum absolute atomic E-state index is 11.0. The molecule has 0 aromatic heterocycles. The van der Waals surface area contributed by atoms with Crippen LogP contribution in [0.15, 0.2) is 0 Å². The number of hydrogen-bond donors (Lipinski definition) is 5. The van der Waals surface area contributed by atoms with Crippen molar-refractivity contribution in [2.24, 2.45) is 17.2 Å². The molecule has 0 saturated carbocycles. The van der Waals surface area contributed by atoms with Crippen LogP contribution in [0.2, 0.25) is 0 Å². The van der Waals surface area contributed by atoms with Crippen molar-refractivity contribution in [2.45, 2.75) is 83.4 Å². The van der Waals surface area contributed by atoms with Gasteiger partial charge in [-0.2, -0.15) is 0 Å². The summed E-state index contributed by atoms with van der Waals surface area (Å²) < 4.78 is 18.0. The zero-order chi connectivity index (χ0) is 28.2. The maximum atomic E-state index is 11.0. The Hall–Kier alpha value is -1.28. The van der Waals surface area contributed by atoms with Crippen LogP contribution in [0.4, 0.5) is 14.4 Å². The normalized spacial score (nSPS) is 10.4. The van der Waals surface area contributed by atoms with Gasteiger partial charge >= 0.3 is 18.4 Å². The number of hydrogen-bond acceptors (Lipinski definition) is 11. The van der Waals surface area contributed by atoms with Gasteiger partial charge in [-0.1, -0.05) is 34.8 Å². The molecule has 0 aromatic rings. The Morgan fingerprint density at radius 3 is 1.17 bits per heavy atom. The highest BCUT2D eigenvalue weighted by Gasteiger charge is 2.24. The Bertz CT molecular complexity index is 520. The molecule has 0 aromatic carbocycles. The van der Waals surface area contributed by atoms with Crippen molar-refractivity contribution < 1.29 is 33.3 Å². The van der Waals surface area contributed by atoms with Gasteiger partial charge in [0.15, 0.2) is 4.30 Å². The minimum atomic E-state index is -1.06. The van der Waals surface area contributed by atoms with Crippen LogP contribution < -0.4 is 28.7 Å². The molecule has 0 radical (unpaired) electrons. The van der Waals surface area contributed by atoms with E-state index in [-0.39, 0.29) is 6.15 Å². The van der Waals surface area contributed by atoms with Crippen molar-refractivity contribution >= 4 is 53.2 Å². The van der Waals surface area contributed by atoms with Crippen LogP contribution in [0.1, 0.15) is 62.3 Å². The molecule has 0 rings (SSSR count). The molecule has 0 heterocycles. The fraction of sp³-hybridized carbons (Fsp3) is 0.850. The van der Waals surface area contributed by atoms with E-state index in [0.29, 0.717) is 26.2 Å². The highest BCUT2D eigenvalue weighted by Crippen LogP contribution is 2.11. The van der Waals surface area contributed by atoms with E-state index >= 15 is 0 Å². The number of rotatable bonds is 3. The molecule has 0 fully saturated rings. The SMILES string of the molecule is CC(C)(C)OC(=O)NCCN.CC(C)(C)OC(=O)OC(=O)OC(C)(C)C.ClC(Cl)Cl.N.NCCN. The van der Waals surface area contributed by atoms with Gasteiger partial charge in [0.1, 0.15) is 16.8 Å². The third kappa shape index (κ3) is 59.8. The summed E-state index contributed by atoms with van der Waals surface area (Å²) >= 11 is 14.4. The van der Waals surface area contributed by atoms with Gasteiger partial charge in [0.05, 0.1) is 0 Å². The molecule has 15 heteroatoms. The second-order valence-corrected chi connectivity index (χ2v) is 11.1. The lowest BCUT2D eigenvalue weighted by atomic mass is 10.2. The van der Waals surface area contributed by atoms with Crippen molar-refractivity contribution in [3.05, 3.63) is 0 Å². The molecule has 0 unspecified atom stereocenters. The van der Waals surface area contributed by atoms with Gasteiger partial charge in [0, 0.05) is 26.2 Å². The Kier molecular flexibility index (Phi) is 28.9. The first-order valence-corrected chi connectivity index (χ1v) is 11.5. The molecule has 12 nitrogen and oxygen atoms in total. The number of alkyl carbamates (subject to hydrolysis) is 1. The predicted octanol–water partition coefficient (Wildman–Crippen LogP) is 4.40. The molecular formula is C20H46Cl3N5O7. The summed E-state index contributed by atoms with van der Waals surface area (Å²) in [6.45, 7) is 17.5. The first-order valence-electron chi connectivity index (χ1n) is 10.2. The van der Waals surface area contributed by atoms with Gasteiger partial charge in [0.25, 0.3) is 0 Å². The van der Waals surface area contributed by atoms with Crippen molar-refractivity contribution in [1.82, 2.24) is 11.5 Å². The lowest BCUT2D eigenvalue weighted by Crippen LogP contribution is -2.35. The highest BCUT2D eigenvalue weighted by atomic mass is 35.6. The molecule has 0 atom stereocenters. The van der Waals surface area contributed by atoms with E-state index in [1.807, 2.05) is 20.8 Å². The van der Waals surface area contributed by atoms with E-state index in [1.54, 1.807) is 41.5 Å². The minimum absolute atomic E-state index is 0. The number of carbonyl (C=O) groups excluding carboxylic acids is 3. The first-order chi connectivity index (χ1) is 15.1. The van der Waals surface area contributed by atoms with Gasteiger partial charge in [-0.3, -0.25) is 0 Å². The van der Waals surface area contributed by atoms with Crippen LogP contribution in [0, 0.1) is 0 Å². The molecule has 0 aliphatic carbocycles. The number of carbonyl (C=O) groups is 3. The number of alkyl halides is 3. The number of amides is 1. The first kappa shape index (κ1) is 43.8. The zero-order valence-electron chi connectivity index (χ0n) is 22.3. The largest absolute Gasteiger partial charge is 0.519 e. The Morgan fingerprint density at radius 2 is 0.971 bits per heavy atom. The molecule has 0 aliphatic rings. The Morgan fingerprint density at radius 1 is 0.686 bits per heavy atom. The molecule has 0 saturated heterocycles. The van der Waals surface area contributed by atoms with Crippen LogP contribution in [-0.4, -0.2) is 65.7 Å². The third-order valence-corrected chi connectivity index (χ3v) is 1.92. The summed E-state index contributed by atoms with van der Waals surface area (Å²) in [7, 11) is 0. The Labute approximate surface area is 224 Å². The van der Waals surface area contributed by atoms with Crippen molar-refractivity contribution in [3.63, 3.8) is 0 Å². The molecule has 0 spiro atoms. The lowest BCUT2D eigenvalue weighted by molar-refractivity contribution is -0.0294. The fourth-order valence-electron chi connectivity index (χ4n) is 1.10. The predicted molar refractivity (Wildman–Crippen MR) is 141 cm³/mol. The number of halogens is 3. The molecule has 35 heavy (non-hydrogen) atoms. The topological polar surface area (TPSA) is 213 Å². The maximum Gasteiger partial charge on any atom is 0.519 e. The number of ether oxygens (including phenoxy) is 4. The van der Waals surface area contributed by atoms with E-state index in [0.717, 1.165) is 0 Å². The summed E-state index contributed by atoms with van der Waals surface area (Å²) in [6, 6.07) is 0. The van der Waals surface area contributed by atoms with Gasteiger partial charge < -0.3 is 47.6 Å². The smallest absolute Gasteiger partial charge is 0.444 e. The monoisotopic (exact) mass is 573 g/mol. The van der Waals surface area contributed by atoms with E-state index in [9.17, 15) is 14.4 Å². The molecule has 10 N–H and O–H groups in total. The summed E-state index contributed by atoms with van der Waals surface area (Å²) in [5.41, 5.74) is 13.2. The molecular weight excluding hydrogens is 529 g/mol. The van der Waals surface area contributed by atoms with E-state index in [2.05, 4.69) is 10.1 Å². The summed E-state index contributed by atoms with van der Waals surface area (Å²) in [6.07, 6.45) is -2.53. The number of nitrogens with two attached hydrogens (primary N) is 3. The quantitative estimate of drug-likeness (QED) is 0.138. The van der Waals surface area contributed by atoms with Crippen LogP contribution in [0.3, 0.4) is 0 Å².